The molecule has 1 aliphatic carbocycles. The van der Waals surface area contributed by atoms with Gasteiger partial charge in [0.05, 0.1) is 20.2 Å². The molecule has 132 valence electrons. The molecule has 1 fully saturated rings. The van der Waals surface area contributed by atoms with Crippen molar-refractivity contribution in [2.75, 3.05) is 13.8 Å². The molecular weight excluding hydrogens is 309 g/mol. The third kappa shape index (κ3) is 5.55. The van der Waals surface area contributed by atoms with E-state index in [2.05, 4.69) is 11.4 Å². The maximum Gasteiger partial charge on any atom is 0.224 e. The number of carbonyl (C=O) groups is 1. The van der Waals surface area contributed by atoms with E-state index in [0.717, 1.165) is 31.2 Å². The zero-order valence-electron chi connectivity index (χ0n) is 14.1. The number of methoxy groups -OCH3 is 1. The molecular formula is C19H26FNO3. The number of halogens is 1. The number of phenols is 1. The molecule has 24 heavy (non-hydrogen) atoms. The fourth-order valence-electron chi connectivity index (χ4n) is 3.10. The fraction of sp³-hybridized carbons (Fsp3) is 0.526. The molecule has 1 aromatic carbocycles. The zero-order valence-corrected chi connectivity index (χ0v) is 14.1. The van der Waals surface area contributed by atoms with E-state index in [4.69, 9.17) is 4.74 Å². The highest BCUT2D eigenvalue weighted by Crippen LogP contribution is 2.27. The zero-order chi connectivity index (χ0) is 17.4. The normalized spacial score (nSPS) is 20.9. The van der Waals surface area contributed by atoms with Gasteiger partial charge in [0.1, 0.15) is 0 Å². The average molecular weight is 335 g/mol. The number of amides is 1. The summed E-state index contributed by atoms with van der Waals surface area (Å²) in [4.78, 5) is 12.2. The van der Waals surface area contributed by atoms with Gasteiger partial charge in [-0.2, -0.15) is 0 Å². The van der Waals surface area contributed by atoms with Gasteiger partial charge in [-0.15, -0.1) is 0 Å². The summed E-state index contributed by atoms with van der Waals surface area (Å²) in [6.07, 6.45) is 8.76. The summed E-state index contributed by atoms with van der Waals surface area (Å²) >= 11 is 0. The topological polar surface area (TPSA) is 58.6 Å². The standard InChI is InChI=1S/C19H26FNO3/c1-24-18-12-15(7-10-17(18)22)13-19(23)21-16-8-5-14(6-9-16)4-2-3-11-20/h2,4,7,10,12,14,16,22H,3,5-6,8-9,11,13H2,1H3,(H,21,23)/b4-2+. The number of nitrogens with one attached hydrogen (secondary N) is 1. The van der Waals surface area contributed by atoms with Crippen LogP contribution in [0.5, 0.6) is 11.5 Å². The van der Waals surface area contributed by atoms with Crippen LogP contribution >= 0.6 is 0 Å². The third-order valence-corrected chi connectivity index (χ3v) is 4.43. The average Bonchev–Trinajstić information content (AvgIpc) is 2.58. The Morgan fingerprint density at radius 2 is 2.12 bits per heavy atom. The Labute approximate surface area is 142 Å². The van der Waals surface area contributed by atoms with Crippen molar-refractivity contribution in [1.82, 2.24) is 5.32 Å². The smallest absolute Gasteiger partial charge is 0.224 e. The monoisotopic (exact) mass is 335 g/mol. The first-order valence-corrected chi connectivity index (χ1v) is 8.50. The maximum atomic E-state index is 12.2. The minimum absolute atomic E-state index is 0.0147. The molecule has 0 unspecified atom stereocenters. The van der Waals surface area contributed by atoms with E-state index in [9.17, 15) is 14.3 Å². The van der Waals surface area contributed by atoms with Crippen LogP contribution in [0.4, 0.5) is 4.39 Å². The van der Waals surface area contributed by atoms with E-state index in [1.807, 2.05) is 6.08 Å². The van der Waals surface area contributed by atoms with Crippen molar-refractivity contribution in [2.24, 2.45) is 5.92 Å². The van der Waals surface area contributed by atoms with Crippen LogP contribution in [0.2, 0.25) is 0 Å². The Bertz CT molecular complexity index is 566. The molecule has 2 rings (SSSR count). The van der Waals surface area contributed by atoms with Crippen molar-refractivity contribution in [1.29, 1.82) is 0 Å². The Hall–Kier alpha value is -2.04. The highest BCUT2D eigenvalue weighted by atomic mass is 19.1. The van der Waals surface area contributed by atoms with Crippen LogP contribution < -0.4 is 10.1 Å². The second-order valence-electron chi connectivity index (χ2n) is 6.27. The quantitative estimate of drug-likeness (QED) is 0.750. The molecule has 0 aliphatic heterocycles. The van der Waals surface area contributed by atoms with Crippen LogP contribution in [0, 0.1) is 5.92 Å². The van der Waals surface area contributed by atoms with Crippen molar-refractivity contribution >= 4 is 5.91 Å². The van der Waals surface area contributed by atoms with E-state index in [1.54, 1.807) is 12.1 Å². The van der Waals surface area contributed by atoms with Crippen LogP contribution in [0.25, 0.3) is 0 Å². The lowest BCUT2D eigenvalue weighted by atomic mass is 9.85. The number of rotatable bonds is 7. The molecule has 0 heterocycles. The summed E-state index contributed by atoms with van der Waals surface area (Å²) in [5.74, 6) is 0.937. The summed E-state index contributed by atoms with van der Waals surface area (Å²) in [5, 5.41) is 12.7. The van der Waals surface area contributed by atoms with Gasteiger partial charge in [-0.3, -0.25) is 9.18 Å². The van der Waals surface area contributed by atoms with Gasteiger partial charge >= 0.3 is 0 Å². The van der Waals surface area contributed by atoms with E-state index < -0.39 is 0 Å². The number of hydrogen-bond acceptors (Lipinski definition) is 3. The van der Waals surface area contributed by atoms with Crippen molar-refractivity contribution < 1.29 is 19.0 Å². The van der Waals surface area contributed by atoms with Crippen molar-refractivity contribution in [3.63, 3.8) is 0 Å². The molecule has 0 spiro atoms. The minimum atomic E-state index is -0.302. The molecule has 1 aromatic rings. The Balaban J connectivity index is 1.77. The first kappa shape index (κ1) is 18.3. The number of carbonyl (C=O) groups excluding carboxylic acids is 1. The van der Waals surface area contributed by atoms with E-state index in [-0.39, 0.29) is 30.8 Å². The van der Waals surface area contributed by atoms with E-state index >= 15 is 0 Å². The fourth-order valence-corrected chi connectivity index (χ4v) is 3.10. The number of ether oxygens (including phenoxy) is 1. The second-order valence-corrected chi connectivity index (χ2v) is 6.27. The van der Waals surface area contributed by atoms with Crippen LogP contribution in [0.1, 0.15) is 37.7 Å². The van der Waals surface area contributed by atoms with E-state index in [0.29, 0.717) is 18.1 Å². The molecule has 0 saturated heterocycles. The van der Waals surface area contributed by atoms with Gasteiger partial charge in [-0.25, -0.2) is 0 Å². The van der Waals surface area contributed by atoms with Gasteiger partial charge in [0, 0.05) is 6.04 Å². The van der Waals surface area contributed by atoms with Gasteiger partial charge in [0.2, 0.25) is 5.91 Å². The molecule has 4 nitrogen and oxygen atoms in total. The highest BCUT2D eigenvalue weighted by molar-refractivity contribution is 5.79. The van der Waals surface area contributed by atoms with Crippen LogP contribution in [-0.4, -0.2) is 30.8 Å². The van der Waals surface area contributed by atoms with Gasteiger partial charge in [-0.1, -0.05) is 18.2 Å². The molecule has 0 atom stereocenters. The summed E-state index contributed by atoms with van der Waals surface area (Å²) < 4.78 is 17.1. The lowest BCUT2D eigenvalue weighted by Crippen LogP contribution is -2.38. The molecule has 0 bridgehead atoms. The Morgan fingerprint density at radius 3 is 2.79 bits per heavy atom. The Morgan fingerprint density at radius 1 is 1.38 bits per heavy atom. The molecule has 5 heteroatoms. The van der Waals surface area contributed by atoms with E-state index in [1.165, 1.54) is 13.2 Å². The SMILES string of the molecule is COc1cc(CC(=O)NC2CCC(/C=C/CCF)CC2)ccc1O. The van der Waals surface area contributed by atoms with Crippen molar-refractivity contribution in [3.8, 4) is 11.5 Å². The number of benzene rings is 1. The molecule has 1 saturated carbocycles. The number of allylic oxidation sites excluding steroid dienone is 2. The van der Waals surface area contributed by atoms with Crippen LogP contribution in [0.15, 0.2) is 30.4 Å². The summed E-state index contributed by atoms with van der Waals surface area (Å²) in [6.45, 7) is -0.302. The van der Waals surface area contributed by atoms with Gasteiger partial charge in [0.25, 0.3) is 0 Å². The molecule has 0 aromatic heterocycles. The number of hydrogen-bond donors (Lipinski definition) is 2. The van der Waals surface area contributed by atoms with Gasteiger partial charge in [0.15, 0.2) is 11.5 Å². The number of alkyl halides is 1. The summed E-state index contributed by atoms with van der Waals surface area (Å²) in [6, 6.07) is 5.16. The predicted octanol–water partition coefficient (Wildman–Crippen LogP) is 3.53. The lowest BCUT2D eigenvalue weighted by molar-refractivity contribution is -0.121. The molecule has 1 amide bonds. The van der Waals surface area contributed by atoms with Crippen molar-refractivity contribution in [2.45, 2.75) is 44.6 Å². The molecule has 1 aliphatic rings. The number of phenolic OH excluding ortho intramolecular Hbond substituents is 1. The minimum Gasteiger partial charge on any atom is -0.504 e. The molecule has 0 radical (unpaired) electrons. The maximum absolute atomic E-state index is 12.2. The second kappa shape index (κ2) is 9.30. The van der Waals surface area contributed by atoms with Gasteiger partial charge < -0.3 is 15.2 Å². The first-order valence-electron chi connectivity index (χ1n) is 8.50. The van der Waals surface area contributed by atoms with Crippen LogP contribution in [0.3, 0.4) is 0 Å². The first-order chi connectivity index (χ1) is 11.6. The highest BCUT2D eigenvalue weighted by Gasteiger charge is 2.21. The summed E-state index contributed by atoms with van der Waals surface area (Å²) in [5.41, 5.74) is 0.810. The largest absolute Gasteiger partial charge is 0.504 e. The predicted molar refractivity (Wildman–Crippen MR) is 92.0 cm³/mol. The van der Waals surface area contributed by atoms with Crippen molar-refractivity contribution in [3.05, 3.63) is 35.9 Å². The number of aromatic hydroxyl groups is 1. The van der Waals surface area contributed by atoms with Gasteiger partial charge in [-0.05, 0) is 55.7 Å². The van der Waals surface area contributed by atoms with Crippen LogP contribution in [-0.2, 0) is 11.2 Å². The summed E-state index contributed by atoms with van der Waals surface area (Å²) in [7, 11) is 1.49. The molecule has 2 N–H and O–H groups in total. The Kier molecular flexibility index (Phi) is 7.09. The lowest BCUT2D eigenvalue weighted by Gasteiger charge is -2.27. The third-order valence-electron chi connectivity index (χ3n) is 4.43.